The summed E-state index contributed by atoms with van der Waals surface area (Å²) in [6, 6.07) is 10.1. The summed E-state index contributed by atoms with van der Waals surface area (Å²) in [5, 5.41) is 1.79. The van der Waals surface area contributed by atoms with Crippen molar-refractivity contribution >= 4 is 81.7 Å². The van der Waals surface area contributed by atoms with E-state index in [0.717, 1.165) is 37.1 Å². The van der Waals surface area contributed by atoms with Crippen molar-refractivity contribution in [1.29, 1.82) is 0 Å². The number of allylic oxidation sites excluding steroid dienone is 1. The van der Waals surface area contributed by atoms with E-state index in [2.05, 4.69) is 41.2 Å². The molecule has 6 nitrogen and oxygen atoms in total. The molecule has 0 atom stereocenters. The molecule has 5 rings (SSSR count). The van der Waals surface area contributed by atoms with Crippen LogP contribution in [0.2, 0.25) is 5.02 Å². The minimum absolute atomic E-state index is 0.0272. The van der Waals surface area contributed by atoms with Gasteiger partial charge in [0.25, 0.3) is 0 Å². The Morgan fingerprint density at radius 3 is 2.56 bits per heavy atom. The van der Waals surface area contributed by atoms with Crippen LogP contribution in [0.1, 0.15) is 18.9 Å². The van der Waals surface area contributed by atoms with Gasteiger partial charge in [-0.3, -0.25) is 0 Å². The van der Waals surface area contributed by atoms with E-state index >= 15 is 0 Å². The summed E-state index contributed by atoms with van der Waals surface area (Å²) >= 11 is 9.60. The number of nitrogens with zero attached hydrogens (tertiary/aromatic N) is 3. The fraction of sp³-hybridized carbons (Fsp3) is 0.241. The molecule has 39 heavy (non-hydrogen) atoms. The molecule has 0 aliphatic carbocycles. The van der Waals surface area contributed by atoms with Crippen molar-refractivity contribution in [1.82, 2.24) is 4.57 Å². The fourth-order valence-corrected chi connectivity index (χ4v) is 9.26. The predicted molar refractivity (Wildman–Crippen MR) is 165 cm³/mol. The van der Waals surface area contributed by atoms with E-state index in [9.17, 15) is 4.79 Å². The molecule has 0 saturated carbocycles. The van der Waals surface area contributed by atoms with E-state index in [1.807, 2.05) is 47.9 Å². The van der Waals surface area contributed by atoms with Crippen LogP contribution >= 0.6 is 34.3 Å². The Morgan fingerprint density at radius 1 is 1.10 bits per heavy atom. The second-order valence-electron chi connectivity index (χ2n) is 8.64. The van der Waals surface area contributed by atoms with Crippen LogP contribution in [0.4, 0.5) is 5.69 Å². The monoisotopic (exact) mass is 646 g/mol. The van der Waals surface area contributed by atoms with E-state index in [1.165, 1.54) is 20.4 Å². The summed E-state index contributed by atoms with van der Waals surface area (Å²) < 4.78 is 20.3. The van der Waals surface area contributed by atoms with Gasteiger partial charge in [-0.15, -0.1) is 0 Å². The first-order valence-electron chi connectivity index (χ1n) is 12.5. The average Bonchev–Trinajstić information content (AvgIpc) is 3.56. The van der Waals surface area contributed by atoms with Gasteiger partial charge in [-0.05, 0) is 0 Å². The molecular formula is C29H29ClN3O3S2Se+. The van der Waals surface area contributed by atoms with Crippen molar-refractivity contribution in [3.05, 3.63) is 83.2 Å². The molecule has 0 bridgehead atoms. The molecule has 10 heteroatoms. The number of fused-ring (bicyclic) bond motifs is 2. The Hall–Kier alpha value is -2.81. The molecule has 0 spiro atoms. The normalized spacial score (nSPS) is 15.0. The molecule has 202 valence electrons. The first-order valence-corrected chi connectivity index (χ1v) is 16.2. The van der Waals surface area contributed by atoms with Crippen LogP contribution in [0.5, 0.6) is 11.5 Å². The number of ether oxygens (including phenoxy) is 2. The quantitative estimate of drug-likeness (QED) is 0.167. The fourth-order valence-electron chi connectivity index (χ4n) is 4.59. The molecule has 0 radical (unpaired) electrons. The van der Waals surface area contributed by atoms with Gasteiger partial charge in [0.15, 0.2) is 0 Å². The summed E-state index contributed by atoms with van der Waals surface area (Å²) in [6.07, 6.45) is 8.06. The molecule has 2 aromatic carbocycles. The van der Waals surface area contributed by atoms with E-state index in [4.69, 9.17) is 21.1 Å². The van der Waals surface area contributed by atoms with Crippen LogP contribution in [0.3, 0.4) is 0 Å². The Labute approximate surface area is 246 Å². The van der Waals surface area contributed by atoms with E-state index < -0.39 is 0 Å². The number of halogens is 1. The summed E-state index contributed by atoms with van der Waals surface area (Å²) in [4.78, 5) is 15.6. The van der Waals surface area contributed by atoms with Crippen molar-refractivity contribution < 1.29 is 14.0 Å². The number of hydrogen-bond acceptors (Lipinski definition) is 6. The number of anilines is 1. The number of aryl methyl sites for hydroxylation is 1. The summed E-state index contributed by atoms with van der Waals surface area (Å²) in [5.41, 5.74) is 2.23. The first-order chi connectivity index (χ1) is 18.9. The molecule has 0 saturated heterocycles. The molecule has 0 unspecified atom stereocenters. The molecule has 0 fully saturated rings. The molecule has 1 aliphatic rings. The number of benzene rings is 2. The van der Waals surface area contributed by atoms with Gasteiger partial charge < -0.3 is 9.47 Å². The third-order valence-corrected chi connectivity index (χ3v) is 11.2. The van der Waals surface area contributed by atoms with Gasteiger partial charge in [-0.25, -0.2) is 0 Å². The number of hydrogen-bond donors (Lipinski definition) is 0. The van der Waals surface area contributed by atoms with Crippen LogP contribution in [-0.2, 0) is 13.1 Å². The van der Waals surface area contributed by atoms with Gasteiger partial charge in [-0.2, -0.15) is 0 Å². The molecule has 4 aromatic rings. The first kappa shape index (κ1) is 27.7. The topological polar surface area (TPSA) is 47.6 Å². The third-order valence-electron chi connectivity index (χ3n) is 6.43. The second kappa shape index (κ2) is 11.7. The van der Waals surface area contributed by atoms with Crippen LogP contribution in [-0.4, -0.2) is 40.3 Å². The SMILES string of the molecule is C=CCN1C(=CC=c2sc(=Cc3sc4cc(OC)c(OC)cc4[n+]3CC)n(CC)c2=O)[Se]c2ccc(Cl)cc21. The zero-order valence-electron chi connectivity index (χ0n) is 22.2. The molecule has 3 heterocycles. The Kier molecular flexibility index (Phi) is 8.35. The Bertz CT molecular complexity index is 1790. The van der Waals surface area contributed by atoms with Gasteiger partial charge in [0.2, 0.25) is 0 Å². The van der Waals surface area contributed by atoms with Gasteiger partial charge in [0, 0.05) is 0 Å². The summed E-state index contributed by atoms with van der Waals surface area (Å²) in [6.45, 7) is 10.1. The summed E-state index contributed by atoms with van der Waals surface area (Å²) in [5.74, 6) is 1.41. The maximum atomic E-state index is 13.4. The van der Waals surface area contributed by atoms with E-state index in [0.29, 0.717) is 29.1 Å². The van der Waals surface area contributed by atoms with Crippen molar-refractivity contribution in [3.8, 4) is 11.5 Å². The van der Waals surface area contributed by atoms with Crippen LogP contribution in [0.25, 0.3) is 22.4 Å². The molecule has 0 N–H and O–H groups in total. The summed E-state index contributed by atoms with van der Waals surface area (Å²) in [7, 11) is 3.30. The molecule has 0 amide bonds. The number of rotatable bonds is 8. The van der Waals surface area contributed by atoms with Gasteiger partial charge in [0.05, 0.1) is 14.2 Å². The zero-order chi connectivity index (χ0) is 27.7. The van der Waals surface area contributed by atoms with Gasteiger partial charge >= 0.3 is 224 Å². The van der Waals surface area contributed by atoms with Crippen molar-refractivity contribution in [2.24, 2.45) is 0 Å². The van der Waals surface area contributed by atoms with Crippen molar-refractivity contribution in [2.45, 2.75) is 26.9 Å². The third kappa shape index (κ3) is 5.22. The standard InChI is InChI=1S/C29H29ClN3O3S2Se/c1-6-13-33-20-14-18(30)9-11-25(20)39-28(33)12-10-23-29(34)32(8-3)27(37-23)17-26-31(7-2)19-15-21(35-4)22(36-5)16-24(19)38-26/h6,9-12,14-17H,1,7-8,13H2,2-5H3/q+1. The number of aromatic nitrogens is 2. The average molecular weight is 646 g/mol. The Balaban J connectivity index is 1.61. The molecule has 1 aliphatic heterocycles. The number of thiazole rings is 2. The van der Waals surface area contributed by atoms with Gasteiger partial charge in [-0.1, -0.05) is 0 Å². The minimum atomic E-state index is 0.0272. The number of methoxy groups -OCH3 is 2. The van der Waals surface area contributed by atoms with Crippen LogP contribution < -0.4 is 38.2 Å². The van der Waals surface area contributed by atoms with E-state index in [-0.39, 0.29) is 20.5 Å². The predicted octanol–water partition coefficient (Wildman–Crippen LogP) is 3.61. The molecular weight excluding hydrogens is 617 g/mol. The molecule has 2 aromatic heterocycles. The second-order valence-corrected chi connectivity index (χ2v) is 13.4. The van der Waals surface area contributed by atoms with Crippen molar-refractivity contribution in [3.63, 3.8) is 0 Å². The van der Waals surface area contributed by atoms with E-state index in [1.54, 1.807) is 25.6 Å². The maximum absolute atomic E-state index is 13.4. The van der Waals surface area contributed by atoms with Crippen LogP contribution in [0, 0.1) is 0 Å². The van der Waals surface area contributed by atoms with Gasteiger partial charge in [0.1, 0.15) is 0 Å². The Morgan fingerprint density at radius 2 is 1.87 bits per heavy atom. The van der Waals surface area contributed by atoms with Crippen molar-refractivity contribution in [2.75, 3.05) is 25.7 Å². The van der Waals surface area contributed by atoms with Crippen LogP contribution in [0.15, 0.2) is 58.5 Å². The zero-order valence-corrected chi connectivity index (χ0v) is 26.3.